The molecular formula is C8H12N2O3S. The molecule has 0 unspecified atom stereocenters. The number of carboxylic acid groups (broad SMARTS) is 1. The summed E-state index contributed by atoms with van der Waals surface area (Å²) in [4.78, 5) is 15.8. The van der Waals surface area contributed by atoms with Gasteiger partial charge in [-0.2, -0.15) is 4.98 Å². The maximum atomic E-state index is 11.0. The predicted octanol–water partition coefficient (Wildman–Crippen LogP) is 2.13. The van der Waals surface area contributed by atoms with E-state index in [9.17, 15) is 4.79 Å². The number of hydrogen-bond donors (Lipinski definition) is 2. The smallest absolute Gasteiger partial charge is 0.414 e. The first kappa shape index (κ1) is 10.8. The van der Waals surface area contributed by atoms with Gasteiger partial charge < -0.3 is 10.2 Å². The molecule has 1 heterocycles. The average Bonchev–Trinajstić information content (AvgIpc) is 2.31. The van der Waals surface area contributed by atoms with Crippen LogP contribution >= 0.6 is 11.3 Å². The summed E-state index contributed by atoms with van der Waals surface area (Å²) in [7, 11) is 0. The molecule has 5 nitrogen and oxygen atoms in total. The number of nitrogens with zero attached hydrogens (tertiary/aromatic N) is 2. The van der Waals surface area contributed by atoms with E-state index in [4.69, 9.17) is 10.2 Å². The molecule has 0 saturated carbocycles. The Bertz CT molecular complexity index is 343. The van der Waals surface area contributed by atoms with Crippen molar-refractivity contribution in [1.82, 2.24) is 4.98 Å². The molecule has 0 aromatic carbocycles. The van der Waals surface area contributed by atoms with Gasteiger partial charge >= 0.3 is 6.09 Å². The number of rotatable bonds is 1. The van der Waals surface area contributed by atoms with E-state index in [2.05, 4.69) is 4.98 Å². The number of aromatic nitrogens is 1. The van der Waals surface area contributed by atoms with Crippen molar-refractivity contribution in [1.29, 1.82) is 0 Å². The van der Waals surface area contributed by atoms with Gasteiger partial charge in [0.1, 0.15) is 0 Å². The molecule has 0 fully saturated rings. The van der Waals surface area contributed by atoms with Gasteiger partial charge in [-0.05, 0) is 20.8 Å². The van der Waals surface area contributed by atoms with Crippen molar-refractivity contribution in [2.45, 2.75) is 26.3 Å². The highest BCUT2D eigenvalue weighted by atomic mass is 32.1. The molecular weight excluding hydrogens is 204 g/mol. The van der Waals surface area contributed by atoms with Gasteiger partial charge in [-0.1, -0.05) is 0 Å². The highest BCUT2D eigenvalue weighted by Gasteiger charge is 2.30. The Morgan fingerprint density at radius 1 is 1.57 bits per heavy atom. The molecule has 0 spiro atoms. The van der Waals surface area contributed by atoms with Crippen LogP contribution in [0.3, 0.4) is 0 Å². The summed E-state index contributed by atoms with van der Waals surface area (Å²) in [6.07, 6.45) is -1.08. The Balaban J connectivity index is 3.07. The molecule has 6 heteroatoms. The van der Waals surface area contributed by atoms with Gasteiger partial charge in [-0.15, -0.1) is 11.3 Å². The van der Waals surface area contributed by atoms with Crippen molar-refractivity contribution < 1.29 is 15.0 Å². The summed E-state index contributed by atoms with van der Waals surface area (Å²) in [5.41, 5.74) is -0.573. The van der Waals surface area contributed by atoms with Gasteiger partial charge in [-0.25, -0.2) is 9.69 Å². The van der Waals surface area contributed by atoms with Crippen LogP contribution in [0.4, 0.5) is 9.93 Å². The third-order valence-corrected chi connectivity index (χ3v) is 2.35. The van der Waals surface area contributed by atoms with Crippen molar-refractivity contribution in [2.75, 3.05) is 4.90 Å². The van der Waals surface area contributed by atoms with Gasteiger partial charge in [0, 0.05) is 5.54 Å². The molecule has 14 heavy (non-hydrogen) atoms. The molecule has 0 saturated heterocycles. The molecule has 0 bridgehead atoms. The number of hydrogen-bond acceptors (Lipinski definition) is 4. The normalized spacial score (nSPS) is 11.4. The van der Waals surface area contributed by atoms with Crippen LogP contribution in [-0.2, 0) is 0 Å². The Morgan fingerprint density at radius 3 is 2.43 bits per heavy atom. The molecule has 1 rings (SSSR count). The topological polar surface area (TPSA) is 73.7 Å². The number of aromatic hydroxyl groups is 1. The van der Waals surface area contributed by atoms with Crippen LogP contribution in [0.1, 0.15) is 20.8 Å². The number of anilines is 1. The fraction of sp³-hybridized carbons (Fsp3) is 0.500. The molecule has 1 amide bonds. The van der Waals surface area contributed by atoms with Crippen LogP contribution in [0.5, 0.6) is 5.88 Å². The quantitative estimate of drug-likeness (QED) is 0.754. The summed E-state index contributed by atoms with van der Waals surface area (Å²) < 4.78 is 0. The van der Waals surface area contributed by atoms with E-state index in [1.165, 1.54) is 5.38 Å². The maximum absolute atomic E-state index is 11.0. The van der Waals surface area contributed by atoms with E-state index < -0.39 is 11.6 Å². The van der Waals surface area contributed by atoms with Gasteiger partial charge in [0.05, 0.1) is 5.38 Å². The summed E-state index contributed by atoms with van der Waals surface area (Å²) in [5, 5.41) is 19.7. The fourth-order valence-electron chi connectivity index (χ4n) is 1.01. The molecule has 0 aliphatic rings. The second kappa shape index (κ2) is 3.45. The zero-order chi connectivity index (χ0) is 10.9. The van der Waals surface area contributed by atoms with Gasteiger partial charge in [0.25, 0.3) is 0 Å². The Hall–Kier alpha value is -1.30. The van der Waals surface area contributed by atoms with Crippen LogP contribution < -0.4 is 4.90 Å². The predicted molar refractivity (Wildman–Crippen MR) is 54.0 cm³/mol. The second-order valence-electron chi connectivity index (χ2n) is 3.78. The van der Waals surface area contributed by atoms with E-state index in [1.54, 1.807) is 20.8 Å². The Morgan fingerprint density at radius 2 is 2.14 bits per heavy atom. The van der Waals surface area contributed by atoms with Crippen LogP contribution in [0, 0.1) is 0 Å². The molecule has 1 aromatic rings. The molecule has 0 aliphatic heterocycles. The van der Waals surface area contributed by atoms with E-state index >= 15 is 0 Å². The summed E-state index contributed by atoms with van der Waals surface area (Å²) >= 11 is 1.10. The molecule has 0 radical (unpaired) electrons. The van der Waals surface area contributed by atoms with Crippen molar-refractivity contribution >= 4 is 22.6 Å². The standard InChI is InChI=1S/C8H12N2O3S/c1-8(2,3)10(7(12)13)6-9-5(11)4-14-6/h4,11H,1-3H3,(H,12,13). The van der Waals surface area contributed by atoms with E-state index in [0.717, 1.165) is 16.2 Å². The average molecular weight is 216 g/mol. The lowest BCUT2D eigenvalue weighted by atomic mass is 10.1. The number of thiazole rings is 1. The second-order valence-corrected chi connectivity index (χ2v) is 4.61. The summed E-state index contributed by atoms with van der Waals surface area (Å²) in [6, 6.07) is 0. The van der Waals surface area contributed by atoms with E-state index in [0.29, 0.717) is 0 Å². The minimum atomic E-state index is -1.08. The lowest BCUT2D eigenvalue weighted by Crippen LogP contribution is -2.45. The fourth-order valence-corrected chi connectivity index (χ4v) is 1.88. The van der Waals surface area contributed by atoms with Crippen LogP contribution in [0.25, 0.3) is 0 Å². The lowest BCUT2D eigenvalue weighted by Gasteiger charge is -2.30. The Labute approximate surface area is 85.6 Å². The first-order valence-electron chi connectivity index (χ1n) is 4.00. The van der Waals surface area contributed by atoms with Crippen LogP contribution in [0.2, 0.25) is 0 Å². The number of amides is 1. The zero-order valence-corrected chi connectivity index (χ0v) is 9.00. The van der Waals surface area contributed by atoms with Gasteiger partial charge in [-0.3, -0.25) is 0 Å². The van der Waals surface area contributed by atoms with Crippen molar-refractivity contribution in [3.63, 3.8) is 0 Å². The molecule has 0 aliphatic carbocycles. The number of carbonyl (C=O) groups is 1. The van der Waals surface area contributed by atoms with E-state index in [1.807, 2.05) is 0 Å². The summed E-state index contributed by atoms with van der Waals surface area (Å²) in [5.74, 6) is -0.152. The first-order chi connectivity index (χ1) is 6.32. The monoisotopic (exact) mass is 216 g/mol. The molecule has 1 aromatic heterocycles. The highest BCUT2D eigenvalue weighted by molar-refractivity contribution is 7.14. The SMILES string of the molecule is CC(C)(C)N(C(=O)O)c1nc(O)cs1. The third kappa shape index (κ3) is 2.14. The Kier molecular flexibility index (Phi) is 2.66. The first-order valence-corrected chi connectivity index (χ1v) is 4.88. The third-order valence-electron chi connectivity index (χ3n) is 1.53. The van der Waals surface area contributed by atoms with Crippen LogP contribution in [-0.4, -0.2) is 26.8 Å². The van der Waals surface area contributed by atoms with Gasteiger partial charge in [0.15, 0.2) is 5.13 Å². The van der Waals surface area contributed by atoms with Crippen molar-refractivity contribution in [3.8, 4) is 5.88 Å². The molecule has 0 atom stereocenters. The lowest BCUT2D eigenvalue weighted by molar-refractivity contribution is 0.195. The zero-order valence-electron chi connectivity index (χ0n) is 8.18. The van der Waals surface area contributed by atoms with Crippen molar-refractivity contribution in [2.24, 2.45) is 0 Å². The largest absolute Gasteiger partial charge is 0.493 e. The van der Waals surface area contributed by atoms with Gasteiger partial charge in [0.2, 0.25) is 5.88 Å². The molecule has 2 N–H and O–H groups in total. The van der Waals surface area contributed by atoms with Crippen LogP contribution in [0.15, 0.2) is 5.38 Å². The summed E-state index contributed by atoms with van der Waals surface area (Å²) in [6.45, 7) is 5.29. The minimum absolute atomic E-state index is 0.152. The van der Waals surface area contributed by atoms with Crippen molar-refractivity contribution in [3.05, 3.63) is 5.38 Å². The maximum Gasteiger partial charge on any atom is 0.414 e. The molecule has 78 valence electrons. The minimum Gasteiger partial charge on any atom is -0.493 e. The highest BCUT2D eigenvalue weighted by Crippen LogP contribution is 2.29. The van der Waals surface area contributed by atoms with E-state index in [-0.39, 0.29) is 11.0 Å².